The molecule has 1 fully saturated rings. The fraction of sp³-hybridized carbons (Fsp3) is 0.353. The van der Waals surface area contributed by atoms with Crippen LogP contribution in [0.1, 0.15) is 30.3 Å². The molecule has 0 radical (unpaired) electrons. The van der Waals surface area contributed by atoms with Crippen molar-refractivity contribution in [2.24, 2.45) is 5.92 Å². The second-order valence-corrected chi connectivity index (χ2v) is 6.81. The van der Waals surface area contributed by atoms with Crippen molar-refractivity contribution in [2.75, 3.05) is 18.4 Å². The summed E-state index contributed by atoms with van der Waals surface area (Å²) in [6.07, 6.45) is 3.64. The standard InChI is InChI=1S/C17H18Cl2N4O/c1-11-5-8-23(9-6-11)16(24)15-4-7-20-17(22-15)21-12-2-3-13(18)14(19)10-12/h2-4,7,10-11H,5-6,8-9H2,1H3,(H,20,21,22). The lowest BCUT2D eigenvalue weighted by Gasteiger charge is -2.30. The average molecular weight is 365 g/mol. The zero-order valence-electron chi connectivity index (χ0n) is 13.3. The van der Waals surface area contributed by atoms with Crippen LogP contribution in [-0.4, -0.2) is 33.9 Å². The number of piperidine rings is 1. The van der Waals surface area contributed by atoms with E-state index in [1.54, 1.807) is 30.5 Å². The van der Waals surface area contributed by atoms with Crippen molar-refractivity contribution in [3.8, 4) is 0 Å². The predicted octanol–water partition coefficient (Wildman–Crippen LogP) is 4.40. The monoisotopic (exact) mass is 364 g/mol. The molecule has 1 N–H and O–H groups in total. The first-order chi connectivity index (χ1) is 11.5. The number of nitrogens with zero attached hydrogens (tertiary/aromatic N) is 3. The Balaban J connectivity index is 1.73. The van der Waals surface area contributed by atoms with E-state index < -0.39 is 0 Å². The molecule has 2 heterocycles. The maximum absolute atomic E-state index is 12.6. The van der Waals surface area contributed by atoms with Crippen molar-refractivity contribution >= 4 is 40.7 Å². The molecular formula is C17H18Cl2N4O. The number of amides is 1. The Morgan fingerprint density at radius 3 is 2.67 bits per heavy atom. The van der Waals surface area contributed by atoms with E-state index in [0.717, 1.165) is 25.9 Å². The van der Waals surface area contributed by atoms with Crippen LogP contribution < -0.4 is 5.32 Å². The maximum atomic E-state index is 12.6. The van der Waals surface area contributed by atoms with Gasteiger partial charge in [0.15, 0.2) is 0 Å². The Bertz CT molecular complexity index is 745. The summed E-state index contributed by atoms with van der Waals surface area (Å²) in [6, 6.07) is 6.79. The molecule has 0 aliphatic carbocycles. The molecule has 3 rings (SSSR count). The Kier molecular flexibility index (Phi) is 5.21. The molecule has 1 aliphatic heterocycles. The summed E-state index contributed by atoms with van der Waals surface area (Å²) in [5.41, 5.74) is 1.10. The van der Waals surface area contributed by atoms with Crippen molar-refractivity contribution < 1.29 is 4.79 Å². The fourth-order valence-electron chi connectivity index (χ4n) is 2.61. The van der Waals surface area contributed by atoms with E-state index in [1.807, 2.05) is 4.90 Å². The van der Waals surface area contributed by atoms with Gasteiger partial charge in [0.05, 0.1) is 10.0 Å². The van der Waals surface area contributed by atoms with Gasteiger partial charge in [0.1, 0.15) is 5.69 Å². The molecule has 5 nitrogen and oxygen atoms in total. The summed E-state index contributed by atoms with van der Waals surface area (Å²) in [4.78, 5) is 22.9. The maximum Gasteiger partial charge on any atom is 0.272 e. The minimum Gasteiger partial charge on any atom is -0.337 e. The van der Waals surface area contributed by atoms with E-state index >= 15 is 0 Å². The van der Waals surface area contributed by atoms with Gasteiger partial charge in [0.2, 0.25) is 5.95 Å². The molecule has 1 aromatic carbocycles. The van der Waals surface area contributed by atoms with Crippen LogP contribution in [0.3, 0.4) is 0 Å². The number of carbonyl (C=O) groups excluding carboxylic acids is 1. The zero-order chi connectivity index (χ0) is 17.1. The Labute approximate surface area is 151 Å². The molecule has 0 unspecified atom stereocenters. The molecule has 7 heteroatoms. The number of benzene rings is 1. The first-order valence-corrected chi connectivity index (χ1v) is 8.63. The summed E-state index contributed by atoms with van der Waals surface area (Å²) in [6.45, 7) is 3.77. The molecule has 1 aliphatic rings. The number of hydrogen-bond acceptors (Lipinski definition) is 4. The molecule has 24 heavy (non-hydrogen) atoms. The van der Waals surface area contributed by atoms with Gasteiger partial charge < -0.3 is 10.2 Å². The minimum absolute atomic E-state index is 0.0542. The molecule has 0 saturated carbocycles. The molecular weight excluding hydrogens is 347 g/mol. The predicted molar refractivity (Wildman–Crippen MR) is 96.1 cm³/mol. The van der Waals surface area contributed by atoms with Gasteiger partial charge in [0, 0.05) is 25.0 Å². The highest BCUT2D eigenvalue weighted by Gasteiger charge is 2.22. The van der Waals surface area contributed by atoms with Gasteiger partial charge >= 0.3 is 0 Å². The second-order valence-electron chi connectivity index (χ2n) is 5.99. The summed E-state index contributed by atoms with van der Waals surface area (Å²) < 4.78 is 0. The smallest absolute Gasteiger partial charge is 0.272 e. The molecule has 1 saturated heterocycles. The first-order valence-electron chi connectivity index (χ1n) is 7.87. The quantitative estimate of drug-likeness (QED) is 0.876. The van der Waals surface area contributed by atoms with Crippen LogP contribution in [-0.2, 0) is 0 Å². The third-order valence-corrected chi connectivity index (χ3v) is 4.86. The third kappa shape index (κ3) is 3.97. The number of likely N-dealkylation sites (tertiary alicyclic amines) is 1. The number of aromatic nitrogens is 2. The number of anilines is 2. The number of nitrogens with one attached hydrogen (secondary N) is 1. The second kappa shape index (κ2) is 7.36. The SMILES string of the molecule is CC1CCN(C(=O)c2ccnc(Nc3ccc(Cl)c(Cl)c3)n2)CC1. The summed E-state index contributed by atoms with van der Waals surface area (Å²) in [7, 11) is 0. The van der Waals surface area contributed by atoms with E-state index in [2.05, 4.69) is 22.2 Å². The van der Waals surface area contributed by atoms with E-state index in [9.17, 15) is 4.79 Å². The van der Waals surface area contributed by atoms with Crippen molar-refractivity contribution in [3.05, 3.63) is 46.2 Å². The zero-order valence-corrected chi connectivity index (χ0v) is 14.8. The number of halogens is 2. The molecule has 1 amide bonds. The average Bonchev–Trinajstić information content (AvgIpc) is 2.58. The van der Waals surface area contributed by atoms with Crippen molar-refractivity contribution in [3.63, 3.8) is 0 Å². The Hall–Kier alpha value is -1.85. The first kappa shape index (κ1) is 17.0. The van der Waals surface area contributed by atoms with E-state index in [0.29, 0.717) is 33.3 Å². The lowest BCUT2D eigenvalue weighted by molar-refractivity contribution is 0.0691. The highest BCUT2D eigenvalue weighted by atomic mass is 35.5. The molecule has 0 atom stereocenters. The largest absolute Gasteiger partial charge is 0.337 e. The van der Waals surface area contributed by atoms with Crippen molar-refractivity contribution in [2.45, 2.75) is 19.8 Å². The van der Waals surface area contributed by atoms with Gasteiger partial charge in [-0.2, -0.15) is 0 Å². The highest BCUT2D eigenvalue weighted by Crippen LogP contribution is 2.26. The Morgan fingerprint density at radius 2 is 1.96 bits per heavy atom. The number of carbonyl (C=O) groups is 1. The van der Waals surface area contributed by atoms with Gasteiger partial charge in [-0.05, 0) is 43.0 Å². The summed E-state index contributed by atoms with van der Waals surface area (Å²) >= 11 is 11.9. The van der Waals surface area contributed by atoms with Gasteiger partial charge in [-0.15, -0.1) is 0 Å². The lowest BCUT2D eigenvalue weighted by atomic mass is 9.99. The minimum atomic E-state index is -0.0542. The summed E-state index contributed by atoms with van der Waals surface area (Å²) in [5, 5.41) is 3.96. The van der Waals surface area contributed by atoms with Crippen LogP contribution in [0, 0.1) is 5.92 Å². The van der Waals surface area contributed by atoms with Crippen LogP contribution >= 0.6 is 23.2 Å². The van der Waals surface area contributed by atoms with Crippen LogP contribution in [0.4, 0.5) is 11.6 Å². The van der Waals surface area contributed by atoms with Gasteiger partial charge in [-0.3, -0.25) is 4.79 Å². The van der Waals surface area contributed by atoms with Gasteiger partial charge in [-0.1, -0.05) is 30.1 Å². The molecule has 0 bridgehead atoms. The van der Waals surface area contributed by atoms with Crippen molar-refractivity contribution in [1.29, 1.82) is 0 Å². The number of hydrogen-bond donors (Lipinski definition) is 1. The fourth-order valence-corrected chi connectivity index (χ4v) is 2.91. The van der Waals surface area contributed by atoms with E-state index in [-0.39, 0.29) is 5.91 Å². The van der Waals surface area contributed by atoms with Gasteiger partial charge in [0.25, 0.3) is 5.91 Å². The van der Waals surface area contributed by atoms with Crippen LogP contribution in [0.5, 0.6) is 0 Å². The topological polar surface area (TPSA) is 58.1 Å². The normalized spacial score (nSPS) is 15.4. The molecule has 2 aromatic rings. The van der Waals surface area contributed by atoms with E-state index in [4.69, 9.17) is 23.2 Å². The lowest BCUT2D eigenvalue weighted by Crippen LogP contribution is -2.38. The molecule has 126 valence electrons. The van der Waals surface area contributed by atoms with Gasteiger partial charge in [-0.25, -0.2) is 9.97 Å². The number of rotatable bonds is 3. The van der Waals surface area contributed by atoms with Crippen LogP contribution in [0.2, 0.25) is 10.0 Å². The third-order valence-electron chi connectivity index (χ3n) is 4.12. The van der Waals surface area contributed by atoms with Crippen LogP contribution in [0.15, 0.2) is 30.5 Å². The summed E-state index contributed by atoms with van der Waals surface area (Å²) in [5.74, 6) is 0.970. The molecule has 1 aromatic heterocycles. The van der Waals surface area contributed by atoms with Crippen molar-refractivity contribution in [1.82, 2.24) is 14.9 Å². The Morgan fingerprint density at radius 1 is 1.21 bits per heavy atom. The van der Waals surface area contributed by atoms with E-state index in [1.165, 1.54) is 0 Å². The van der Waals surface area contributed by atoms with Crippen LogP contribution in [0.25, 0.3) is 0 Å². The highest BCUT2D eigenvalue weighted by molar-refractivity contribution is 6.42. The molecule has 0 spiro atoms.